The number of amides is 1. The van der Waals surface area contributed by atoms with Crippen LogP contribution in [0, 0.1) is 23.1 Å². The molecule has 2 rings (SSSR count). The van der Waals surface area contributed by atoms with Crippen molar-refractivity contribution < 1.29 is 9.18 Å². The number of nitrogens with two attached hydrogens (primary N) is 1. The summed E-state index contributed by atoms with van der Waals surface area (Å²) in [4.78, 5) is 12.3. The monoisotopic (exact) mass is 274 g/mol. The van der Waals surface area contributed by atoms with Crippen molar-refractivity contribution in [1.82, 2.24) is 0 Å². The van der Waals surface area contributed by atoms with Crippen molar-refractivity contribution in [2.75, 3.05) is 11.9 Å². The number of nitrogens with one attached hydrogen (secondary N) is 1. The molecule has 3 nitrogen and oxygen atoms in total. The second-order valence-electron chi connectivity index (χ2n) is 5.42. The highest BCUT2D eigenvalue weighted by Gasteiger charge is 2.36. The number of carbonyl (C=O) groups excluding carboxylic acids is 1. The van der Waals surface area contributed by atoms with Gasteiger partial charge in [0, 0.05) is 11.1 Å². The Labute approximate surface area is 118 Å². The van der Waals surface area contributed by atoms with E-state index in [0.29, 0.717) is 5.69 Å². The fourth-order valence-electron chi connectivity index (χ4n) is 2.51. The molecule has 1 aromatic rings. The number of rotatable bonds is 2. The van der Waals surface area contributed by atoms with Gasteiger partial charge in [0.2, 0.25) is 5.91 Å². The molecule has 1 aromatic carbocycles. The van der Waals surface area contributed by atoms with E-state index in [9.17, 15) is 9.18 Å². The number of hydrogen-bond donors (Lipinski definition) is 2. The van der Waals surface area contributed by atoms with Gasteiger partial charge in [-0.2, -0.15) is 0 Å². The third-order valence-corrected chi connectivity index (χ3v) is 3.80. The zero-order chi connectivity index (χ0) is 14.6. The molecule has 1 aliphatic rings. The van der Waals surface area contributed by atoms with E-state index in [0.717, 1.165) is 25.7 Å². The molecule has 0 heterocycles. The zero-order valence-electron chi connectivity index (χ0n) is 11.6. The van der Waals surface area contributed by atoms with Gasteiger partial charge >= 0.3 is 0 Å². The predicted molar refractivity (Wildman–Crippen MR) is 77.5 cm³/mol. The Kier molecular flexibility index (Phi) is 4.41. The molecule has 0 atom stereocenters. The maximum Gasteiger partial charge on any atom is 0.230 e. The highest BCUT2D eigenvalue weighted by Crippen LogP contribution is 2.38. The minimum atomic E-state index is -0.406. The smallest absolute Gasteiger partial charge is 0.230 e. The minimum Gasteiger partial charge on any atom is -0.326 e. The zero-order valence-corrected chi connectivity index (χ0v) is 11.6. The van der Waals surface area contributed by atoms with Gasteiger partial charge in [0.25, 0.3) is 0 Å². The van der Waals surface area contributed by atoms with Crippen LogP contribution in [0.5, 0.6) is 0 Å². The van der Waals surface area contributed by atoms with E-state index in [4.69, 9.17) is 5.73 Å². The summed E-state index contributed by atoms with van der Waals surface area (Å²) < 4.78 is 13.6. The van der Waals surface area contributed by atoms with Gasteiger partial charge in [-0.15, -0.1) is 0 Å². The van der Waals surface area contributed by atoms with Gasteiger partial charge in [0.1, 0.15) is 5.82 Å². The summed E-state index contributed by atoms with van der Waals surface area (Å²) in [5.74, 6) is 4.87. The van der Waals surface area contributed by atoms with Gasteiger partial charge in [0.15, 0.2) is 0 Å². The molecule has 4 heteroatoms. The lowest BCUT2D eigenvalue weighted by molar-refractivity contribution is -0.124. The number of hydrogen-bond acceptors (Lipinski definition) is 2. The summed E-state index contributed by atoms with van der Waals surface area (Å²) in [6.45, 7) is 2.15. The fraction of sp³-hybridized carbons (Fsp3) is 0.438. The average molecular weight is 274 g/mol. The predicted octanol–water partition coefficient (Wildman–Crippen LogP) is 2.65. The first-order valence-corrected chi connectivity index (χ1v) is 6.85. The first-order chi connectivity index (χ1) is 9.55. The molecule has 0 bridgehead atoms. The number of benzene rings is 1. The molecule has 1 aliphatic carbocycles. The van der Waals surface area contributed by atoms with E-state index in [1.807, 2.05) is 6.92 Å². The molecule has 0 aromatic heterocycles. The summed E-state index contributed by atoms with van der Waals surface area (Å²) in [5, 5.41) is 2.86. The first kappa shape index (κ1) is 14.5. The quantitative estimate of drug-likeness (QED) is 0.815. The number of anilines is 1. The molecule has 3 N–H and O–H groups in total. The average Bonchev–Trinajstić information content (AvgIpc) is 2.87. The lowest BCUT2D eigenvalue weighted by atomic mass is 9.88. The van der Waals surface area contributed by atoms with Crippen LogP contribution in [0.15, 0.2) is 18.2 Å². The summed E-state index contributed by atoms with van der Waals surface area (Å²) in [5.41, 5.74) is 5.80. The van der Waals surface area contributed by atoms with E-state index in [-0.39, 0.29) is 23.4 Å². The molecular weight excluding hydrogens is 255 g/mol. The Balaban J connectivity index is 2.15. The van der Waals surface area contributed by atoms with E-state index in [1.54, 1.807) is 12.1 Å². The molecule has 106 valence electrons. The minimum absolute atomic E-state index is 0.000609. The largest absolute Gasteiger partial charge is 0.326 e. The molecule has 0 aliphatic heterocycles. The fourth-order valence-corrected chi connectivity index (χ4v) is 2.51. The van der Waals surface area contributed by atoms with Crippen LogP contribution in [0.1, 0.15) is 38.2 Å². The van der Waals surface area contributed by atoms with Crippen LogP contribution >= 0.6 is 0 Å². The van der Waals surface area contributed by atoms with Crippen LogP contribution in [0.3, 0.4) is 0 Å². The van der Waals surface area contributed by atoms with E-state index >= 15 is 0 Å². The normalized spacial score (nSPS) is 16.4. The molecule has 0 spiro atoms. The second kappa shape index (κ2) is 6.06. The highest BCUT2D eigenvalue weighted by molar-refractivity contribution is 5.95. The van der Waals surface area contributed by atoms with Crippen molar-refractivity contribution in [3.8, 4) is 11.8 Å². The summed E-state index contributed by atoms with van der Waals surface area (Å²) in [6, 6.07) is 4.42. The van der Waals surface area contributed by atoms with Gasteiger partial charge in [-0.25, -0.2) is 4.39 Å². The van der Waals surface area contributed by atoms with Crippen LogP contribution in [0.4, 0.5) is 10.1 Å². The molecule has 0 unspecified atom stereocenters. The van der Waals surface area contributed by atoms with Gasteiger partial charge < -0.3 is 11.1 Å². The molecule has 1 fully saturated rings. The topological polar surface area (TPSA) is 55.1 Å². The summed E-state index contributed by atoms with van der Waals surface area (Å²) in [6.07, 6.45) is 3.97. The number of halogens is 1. The van der Waals surface area contributed by atoms with Crippen molar-refractivity contribution in [2.45, 2.75) is 32.6 Å². The third-order valence-electron chi connectivity index (χ3n) is 3.80. The molecule has 1 amide bonds. The standard InChI is InChI=1S/C16H19FN2O/c1-16(8-2-3-9-16)15(20)19-13-6-7-14(17)12(11-13)5-4-10-18/h6-7,11H,2-3,8-10,18H2,1H3,(H,19,20). The summed E-state index contributed by atoms with van der Waals surface area (Å²) in [7, 11) is 0. The second-order valence-corrected chi connectivity index (χ2v) is 5.42. The lowest BCUT2D eigenvalue weighted by Gasteiger charge is -2.22. The first-order valence-electron chi connectivity index (χ1n) is 6.85. The van der Waals surface area contributed by atoms with Crippen LogP contribution < -0.4 is 11.1 Å². The number of carbonyl (C=O) groups is 1. The van der Waals surface area contributed by atoms with Gasteiger partial charge in [-0.3, -0.25) is 4.79 Å². The molecule has 1 saturated carbocycles. The van der Waals surface area contributed by atoms with Gasteiger partial charge in [0.05, 0.1) is 12.1 Å². The van der Waals surface area contributed by atoms with E-state index in [2.05, 4.69) is 17.2 Å². The van der Waals surface area contributed by atoms with Gasteiger partial charge in [-0.1, -0.05) is 31.6 Å². The Morgan fingerprint density at radius 1 is 1.45 bits per heavy atom. The molecule has 0 radical (unpaired) electrons. The van der Waals surface area contributed by atoms with Crippen LogP contribution in [0.2, 0.25) is 0 Å². The van der Waals surface area contributed by atoms with Crippen molar-refractivity contribution in [1.29, 1.82) is 0 Å². The highest BCUT2D eigenvalue weighted by atomic mass is 19.1. The van der Waals surface area contributed by atoms with E-state index in [1.165, 1.54) is 6.07 Å². The lowest BCUT2D eigenvalue weighted by Crippen LogP contribution is -2.30. The van der Waals surface area contributed by atoms with Crippen LogP contribution in [-0.2, 0) is 4.79 Å². The van der Waals surface area contributed by atoms with Crippen LogP contribution in [0.25, 0.3) is 0 Å². The van der Waals surface area contributed by atoms with Crippen molar-refractivity contribution >= 4 is 11.6 Å². The Morgan fingerprint density at radius 2 is 2.15 bits per heavy atom. The molecule has 0 saturated heterocycles. The molecular formula is C16H19FN2O. The maximum atomic E-state index is 13.6. The van der Waals surface area contributed by atoms with E-state index < -0.39 is 5.82 Å². The van der Waals surface area contributed by atoms with Gasteiger partial charge in [-0.05, 0) is 31.0 Å². The maximum absolute atomic E-state index is 13.6. The SMILES string of the molecule is CC1(C(=O)Nc2ccc(F)c(C#CCN)c2)CCCC1. The van der Waals surface area contributed by atoms with Crippen molar-refractivity contribution in [3.05, 3.63) is 29.6 Å². The Hall–Kier alpha value is -1.86. The summed E-state index contributed by atoms with van der Waals surface area (Å²) >= 11 is 0. The van der Waals surface area contributed by atoms with Crippen molar-refractivity contribution in [3.63, 3.8) is 0 Å². The van der Waals surface area contributed by atoms with Crippen LogP contribution in [-0.4, -0.2) is 12.5 Å². The van der Waals surface area contributed by atoms with Crippen molar-refractivity contribution in [2.24, 2.45) is 11.1 Å². The third kappa shape index (κ3) is 3.17. The molecule has 20 heavy (non-hydrogen) atoms. The Morgan fingerprint density at radius 3 is 2.80 bits per heavy atom. The Bertz CT molecular complexity index is 566.